The Balaban J connectivity index is 4.59. The summed E-state index contributed by atoms with van der Waals surface area (Å²) in [5.74, 6) is -3.24. The molecule has 0 aromatic carbocycles. The van der Waals surface area contributed by atoms with Gasteiger partial charge in [0.05, 0.1) is 12.7 Å². The lowest BCUT2D eigenvalue weighted by atomic mass is 10.0. The molecule has 0 fully saturated rings. The summed E-state index contributed by atoms with van der Waals surface area (Å²) in [4.78, 5) is 37.8. The number of carbonyl (C=O) groups excluding carboxylic acids is 1. The van der Waals surface area contributed by atoms with Crippen molar-refractivity contribution in [3.8, 4) is 0 Å². The van der Waals surface area contributed by atoms with Crippen molar-refractivity contribution in [1.82, 2.24) is 0 Å². The average molecular weight is 288 g/mol. The quantitative estimate of drug-likeness (QED) is 0.202. The summed E-state index contributed by atoms with van der Waals surface area (Å²) in [5, 5.41) is 35.6. The number of hydrogen-bond acceptors (Lipinski definition) is 7. The van der Waals surface area contributed by atoms with Gasteiger partial charge in [0, 0.05) is 6.42 Å². The van der Waals surface area contributed by atoms with E-state index in [0.29, 0.717) is 0 Å². The molecule has 0 saturated heterocycles. The van der Waals surface area contributed by atoms with Gasteiger partial charge in [-0.1, -0.05) is 0 Å². The van der Waals surface area contributed by atoms with E-state index in [2.05, 4.69) is 4.52 Å². The Morgan fingerprint density at radius 3 is 2.06 bits per heavy atom. The largest absolute Gasteiger partial charge is 0.475 e. The molecule has 11 heteroatoms. The Morgan fingerprint density at radius 2 is 1.72 bits per heavy atom. The zero-order valence-electron chi connectivity index (χ0n) is 8.91. The molecule has 0 aliphatic heterocycles. The molecule has 18 heavy (non-hydrogen) atoms. The van der Waals surface area contributed by atoms with Gasteiger partial charge in [0.15, 0.2) is 0 Å². The first-order chi connectivity index (χ1) is 8.08. The molecule has 0 aliphatic carbocycles. The van der Waals surface area contributed by atoms with E-state index in [9.17, 15) is 24.4 Å². The standard InChI is InChI=1S/C7H13O10P/c8-2-5(17-18(14,15)16)6(11)3(9)1-4(10)7(12)13/h3,5-6,8-9,11H,1-2H2,(H,12,13)(H2,14,15,16)/t3-,5-,6+/m1/s1. The van der Waals surface area contributed by atoms with Gasteiger partial charge in [0.1, 0.15) is 12.2 Å². The highest BCUT2D eigenvalue weighted by Crippen LogP contribution is 2.38. The number of hydrogen-bond donors (Lipinski definition) is 6. The lowest BCUT2D eigenvalue weighted by Gasteiger charge is -2.24. The molecule has 0 aromatic rings. The summed E-state index contributed by atoms with van der Waals surface area (Å²) in [5.41, 5.74) is 0. The summed E-state index contributed by atoms with van der Waals surface area (Å²) in [6.07, 6.45) is -6.83. The molecule has 106 valence electrons. The summed E-state index contributed by atoms with van der Waals surface area (Å²) >= 11 is 0. The predicted molar refractivity (Wildman–Crippen MR) is 53.3 cm³/mol. The van der Waals surface area contributed by atoms with Crippen molar-refractivity contribution in [3.05, 3.63) is 0 Å². The first kappa shape index (κ1) is 17.1. The van der Waals surface area contributed by atoms with Gasteiger partial charge in [0.25, 0.3) is 0 Å². The van der Waals surface area contributed by atoms with Crippen molar-refractivity contribution in [2.24, 2.45) is 0 Å². The van der Waals surface area contributed by atoms with Crippen molar-refractivity contribution in [3.63, 3.8) is 0 Å². The predicted octanol–water partition coefficient (Wildman–Crippen LogP) is -2.78. The number of carbonyl (C=O) groups is 2. The second kappa shape index (κ2) is 6.90. The lowest BCUT2D eigenvalue weighted by Crippen LogP contribution is -2.42. The topological polar surface area (TPSA) is 182 Å². The minimum absolute atomic E-state index is 0.989. The van der Waals surface area contributed by atoms with Gasteiger partial charge in [-0.05, 0) is 0 Å². The van der Waals surface area contributed by atoms with Crippen molar-refractivity contribution in [2.45, 2.75) is 24.7 Å². The maximum absolute atomic E-state index is 10.7. The molecule has 0 aliphatic rings. The number of phosphoric acid groups is 1. The number of Topliss-reactive ketones (excluding diaryl/α,β-unsaturated/α-hetero) is 1. The van der Waals surface area contributed by atoms with Crippen molar-refractivity contribution in [2.75, 3.05) is 6.61 Å². The second-order valence-electron chi connectivity index (χ2n) is 3.31. The fraction of sp³-hybridized carbons (Fsp3) is 0.714. The summed E-state index contributed by atoms with van der Waals surface area (Å²) in [6.45, 7) is -1.05. The van der Waals surface area contributed by atoms with E-state index in [1.54, 1.807) is 0 Å². The van der Waals surface area contributed by atoms with Crippen LogP contribution in [0.3, 0.4) is 0 Å². The van der Waals surface area contributed by atoms with Crippen LogP contribution in [0.5, 0.6) is 0 Å². The van der Waals surface area contributed by atoms with Gasteiger partial charge in [-0.3, -0.25) is 9.32 Å². The Morgan fingerprint density at radius 1 is 1.22 bits per heavy atom. The van der Waals surface area contributed by atoms with Crippen LogP contribution in [0, 0.1) is 0 Å². The van der Waals surface area contributed by atoms with Gasteiger partial charge < -0.3 is 30.2 Å². The number of rotatable bonds is 8. The van der Waals surface area contributed by atoms with Gasteiger partial charge >= 0.3 is 13.8 Å². The molecule has 0 unspecified atom stereocenters. The van der Waals surface area contributed by atoms with Crippen LogP contribution in [0.4, 0.5) is 0 Å². The third-order valence-corrected chi connectivity index (χ3v) is 2.41. The van der Waals surface area contributed by atoms with E-state index in [1.165, 1.54) is 0 Å². The second-order valence-corrected chi connectivity index (χ2v) is 4.50. The summed E-state index contributed by atoms with van der Waals surface area (Å²) < 4.78 is 14.4. The van der Waals surface area contributed by atoms with Gasteiger partial charge in [0.2, 0.25) is 5.78 Å². The summed E-state index contributed by atoms with van der Waals surface area (Å²) in [6, 6.07) is 0. The van der Waals surface area contributed by atoms with Crippen LogP contribution in [0.25, 0.3) is 0 Å². The molecule has 0 spiro atoms. The normalized spacial score (nSPS) is 16.9. The zero-order valence-corrected chi connectivity index (χ0v) is 9.80. The minimum Gasteiger partial charge on any atom is -0.475 e. The third kappa shape index (κ3) is 6.17. The number of carboxylic acid groups (broad SMARTS) is 1. The molecule has 0 rings (SSSR count). The van der Waals surface area contributed by atoms with E-state index >= 15 is 0 Å². The maximum Gasteiger partial charge on any atom is 0.470 e. The van der Waals surface area contributed by atoms with Crippen LogP contribution in [-0.2, 0) is 18.7 Å². The molecule has 6 N–H and O–H groups in total. The van der Waals surface area contributed by atoms with Crippen molar-refractivity contribution >= 4 is 19.6 Å². The van der Waals surface area contributed by atoms with Crippen LogP contribution in [0.1, 0.15) is 6.42 Å². The fourth-order valence-corrected chi connectivity index (χ4v) is 1.57. The molecular weight excluding hydrogens is 275 g/mol. The molecule has 0 saturated carbocycles. The highest BCUT2D eigenvalue weighted by atomic mass is 31.2. The monoisotopic (exact) mass is 288 g/mol. The summed E-state index contributed by atoms with van der Waals surface area (Å²) in [7, 11) is -5.02. The Hall–Kier alpha value is -0.870. The molecular formula is C7H13O10P. The first-order valence-electron chi connectivity index (χ1n) is 4.55. The van der Waals surface area contributed by atoms with Crippen LogP contribution >= 0.6 is 7.82 Å². The molecule has 0 amide bonds. The third-order valence-electron chi connectivity index (χ3n) is 1.86. The van der Waals surface area contributed by atoms with Crippen LogP contribution < -0.4 is 0 Å². The molecule has 0 bridgehead atoms. The van der Waals surface area contributed by atoms with Crippen LogP contribution in [0.15, 0.2) is 0 Å². The molecule has 3 atom stereocenters. The molecule has 0 radical (unpaired) electrons. The van der Waals surface area contributed by atoms with Crippen molar-refractivity contribution in [1.29, 1.82) is 0 Å². The number of aliphatic carboxylic acids is 1. The van der Waals surface area contributed by atoms with E-state index in [1.807, 2.05) is 0 Å². The molecule has 0 aromatic heterocycles. The van der Waals surface area contributed by atoms with Gasteiger partial charge in [-0.25, -0.2) is 9.36 Å². The van der Waals surface area contributed by atoms with E-state index in [-0.39, 0.29) is 0 Å². The number of carboxylic acids is 1. The zero-order chi connectivity index (χ0) is 14.5. The first-order valence-corrected chi connectivity index (χ1v) is 6.08. The number of ketones is 1. The number of phosphoric ester groups is 1. The van der Waals surface area contributed by atoms with E-state index < -0.39 is 50.9 Å². The number of aliphatic hydroxyl groups is 3. The average Bonchev–Trinajstić information content (AvgIpc) is 2.23. The minimum atomic E-state index is -5.02. The highest BCUT2D eigenvalue weighted by molar-refractivity contribution is 7.46. The highest BCUT2D eigenvalue weighted by Gasteiger charge is 2.34. The van der Waals surface area contributed by atoms with E-state index in [4.69, 9.17) is 20.0 Å². The Kier molecular flexibility index (Phi) is 6.57. The van der Waals surface area contributed by atoms with Gasteiger partial charge in [-0.2, -0.15) is 0 Å². The Labute approximate surface area is 101 Å². The smallest absolute Gasteiger partial charge is 0.470 e. The van der Waals surface area contributed by atoms with Crippen LogP contribution in [0.2, 0.25) is 0 Å². The van der Waals surface area contributed by atoms with Crippen molar-refractivity contribution < 1.29 is 48.9 Å². The number of aliphatic hydroxyl groups excluding tert-OH is 3. The maximum atomic E-state index is 10.7. The fourth-order valence-electron chi connectivity index (χ4n) is 1.03. The molecule has 10 nitrogen and oxygen atoms in total. The van der Waals surface area contributed by atoms with E-state index in [0.717, 1.165) is 0 Å². The molecule has 0 heterocycles. The Bertz CT molecular complexity index is 348. The van der Waals surface area contributed by atoms with Gasteiger partial charge in [-0.15, -0.1) is 0 Å². The SMILES string of the molecule is O=C(O)C(=O)C[C@@H](O)[C@H](O)[C@@H](CO)OP(=O)(O)O. The van der Waals surface area contributed by atoms with Crippen LogP contribution in [-0.4, -0.2) is 66.9 Å². The lowest BCUT2D eigenvalue weighted by molar-refractivity contribution is -0.151.